The molecule has 30 heavy (non-hydrogen) atoms. The maximum atomic E-state index is 13.0. The summed E-state index contributed by atoms with van der Waals surface area (Å²) in [4.78, 5) is 16.7. The SMILES string of the molecule is CCCCCCc1ccc(C(=O)Oc2ccc(CCc3ccc(F)cc3)nc2)cc1. The van der Waals surface area contributed by atoms with E-state index in [-0.39, 0.29) is 11.8 Å². The Morgan fingerprint density at radius 2 is 1.53 bits per heavy atom. The molecule has 0 atom stereocenters. The molecule has 3 nitrogen and oxygen atoms in total. The first-order chi connectivity index (χ1) is 14.6. The van der Waals surface area contributed by atoms with E-state index in [0.29, 0.717) is 11.3 Å². The first-order valence-electron chi connectivity index (χ1n) is 10.6. The molecular formula is C26H28FNO2. The lowest BCUT2D eigenvalue weighted by atomic mass is 10.0. The number of unbranched alkanes of at least 4 members (excludes halogenated alkanes) is 3. The molecule has 0 aliphatic rings. The molecule has 0 bridgehead atoms. The monoisotopic (exact) mass is 405 g/mol. The van der Waals surface area contributed by atoms with E-state index in [1.807, 2.05) is 30.3 Å². The van der Waals surface area contributed by atoms with Crippen LogP contribution in [0.3, 0.4) is 0 Å². The molecule has 0 fully saturated rings. The Kier molecular flexibility index (Phi) is 8.13. The number of carbonyl (C=O) groups excluding carboxylic acids is 1. The number of hydrogen-bond donors (Lipinski definition) is 0. The molecule has 2 aromatic carbocycles. The standard InChI is InChI=1S/C26H28FNO2/c1-2-3-4-5-6-20-7-12-22(13-8-20)26(29)30-25-18-17-24(28-19-25)16-11-21-9-14-23(27)15-10-21/h7-10,12-15,17-19H,2-6,11,16H2,1H3. The third kappa shape index (κ3) is 6.80. The predicted molar refractivity (Wildman–Crippen MR) is 117 cm³/mol. The van der Waals surface area contributed by atoms with Crippen LogP contribution in [0, 0.1) is 5.82 Å². The molecule has 1 heterocycles. The molecule has 0 spiro atoms. The Hall–Kier alpha value is -3.01. The van der Waals surface area contributed by atoms with E-state index in [1.165, 1.54) is 43.4 Å². The van der Waals surface area contributed by atoms with Gasteiger partial charge in [0.25, 0.3) is 0 Å². The van der Waals surface area contributed by atoms with Gasteiger partial charge in [-0.1, -0.05) is 50.5 Å². The Morgan fingerprint density at radius 3 is 2.20 bits per heavy atom. The number of benzene rings is 2. The lowest BCUT2D eigenvalue weighted by Gasteiger charge is -2.07. The summed E-state index contributed by atoms with van der Waals surface area (Å²) in [6.07, 6.45) is 9.04. The summed E-state index contributed by atoms with van der Waals surface area (Å²) >= 11 is 0. The zero-order valence-electron chi connectivity index (χ0n) is 17.4. The Morgan fingerprint density at radius 1 is 0.833 bits per heavy atom. The van der Waals surface area contributed by atoms with Crippen molar-refractivity contribution in [3.8, 4) is 5.75 Å². The van der Waals surface area contributed by atoms with Crippen molar-refractivity contribution in [2.75, 3.05) is 0 Å². The number of aromatic nitrogens is 1. The summed E-state index contributed by atoms with van der Waals surface area (Å²) in [5.74, 6) is -0.188. The van der Waals surface area contributed by atoms with Gasteiger partial charge in [0, 0.05) is 5.69 Å². The van der Waals surface area contributed by atoms with Crippen LogP contribution in [0.15, 0.2) is 66.9 Å². The van der Waals surface area contributed by atoms with Crippen LogP contribution in [0.1, 0.15) is 59.8 Å². The summed E-state index contributed by atoms with van der Waals surface area (Å²) in [6, 6.07) is 17.7. The summed E-state index contributed by atoms with van der Waals surface area (Å²) in [5.41, 5.74) is 3.73. The molecule has 0 aliphatic carbocycles. The minimum absolute atomic E-state index is 0.232. The van der Waals surface area contributed by atoms with E-state index < -0.39 is 0 Å². The van der Waals surface area contributed by atoms with E-state index in [9.17, 15) is 9.18 Å². The lowest BCUT2D eigenvalue weighted by Crippen LogP contribution is -2.09. The largest absolute Gasteiger partial charge is 0.421 e. The highest BCUT2D eigenvalue weighted by molar-refractivity contribution is 5.91. The summed E-state index contributed by atoms with van der Waals surface area (Å²) in [7, 11) is 0. The fraction of sp³-hybridized carbons (Fsp3) is 0.308. The van der Waals surface area contributed by atoms with Crippen molar-refractivity contribution >= 4 is 5.97 Å². The number of hydrogen-bond acceptors (Lipinski definition) is 3. The number of esters is 1. The highest BCUT2D eigenvalue weighted by atomic mass is 19.1. The van der Waals surface area contributed by atoms with Gasteiger partial charge in [0.05, 0.1) is 11.8 Å². The smallest absolute Gasteiger partial charge is 0.343 e. The normalized spacial score (nSPS) is 10.7. The molecule has 1 aromatic heterocycles. The van der Waals surface area contributed by atoms with Crippen molar-refractivity contribution in [1.82, 2.24) is 4.98 Å². The highest BCUT2D eigenvalue weighted by Crippen LogP contribution is 2.15. The van der Waals surface area contributed by atoms with E-state index in [1.54, 1.807) is 24.4 Å². The fourth-order valence-corrected chi connectivity index (χ4v) is 3.27. The number of pyridine rings is 1. The molecular weight excluding hydrogens is 377 g/mol. The van der Waals surface area contributed by atoms with E-state index in [4.69, 9.17) is 4.74 Å². The first kappa shape index (κ1) is 21.7. The van der Waals surface area contributed by atoms with Crippen LogP contribution < -0.4 is 4.74 Å². The van der Waals surface area contributed by atoms with Crippen LogP contribution in [0.25, 0.3) is 0 Å². The van der Waals surface area contributed by atoms with Gasteiger partial charge < -0.3 is 4.74 Å². The summed E-state index contributed by atoms with van der Waals surface area (Å²) in [6.45, 7) is 2.21. The average Bonchev–Trinajstić information content (AvgIpc) is 2.78. The number of ether oxygens (including phenoxy) is 1. The molecule has 4 heteroatoms. The van der Waals surface area contributed by atoms with Gasteiger partial charge in [0.1, 0.15) is 11.6 Å². The quantitative estimate of drug-likeness (QED) is 0.291. The minimum Gasteiger partial charge on any atom is -0.421 e. The van der Waals surface area contributed by atoms with Crippen LogP contribution in [-0.2, 0) is 19.3 Å². The van der Waals surface area contributed by atoms with Crippen LogP contribution in [0.5, 0.6) is 5.75 Å². The maximum Gasteiger partial charge on any atom is 0.343 e. The van der Waals surface area contributed by atoms with Crippen molar-refractivity contribution < 1.29 is 13.9 Å². The van der Waals surface area contributed by atoms with Gasteiger partial charge >= 0.3 is 5.97 Å². The highest BCUT2D eigenvalue weighted by Gasteiger charge is 2.09. The van der Waals surface area contributed by atoms with Gasteiger partial charge in [-0.25, -0.2) is 9.18 Å². The molecule has 0 unspecified atom stereocenters. The van der Waals surface area contributed by atoms with Crippen molar-refractivity contribution in [3.63, 3.8) is 0 Å². The topological polar surface area (TPSA) is 39.2 Å². The number of rotatable bonds is 10. The van der Waals surface area contributed by atoms with E-state index in [0.717, 1.165) is 30.5 Å². The average molecular weight is 406 g/mol. The molecule has 0 aliphatic heterocycles. The molecule has 3 aromatic rings. The minimum atomic E-state index is -0.381. The van der Waals surface area contributed by atoms with Crippen LogP contribution >= 0.6 is 0 Å². The summed E-state index contributed by atoms with van der Waals surface area (Å²) in [5, 5.41) is 0. The number of carbonyl (C=O) groups is 1. The van der Waals surface area contributed by atoms with Gasteiger partial charge in [-0.15, -0.1) is 0 Å². The van der Waals surface area contributed by atoms with Gasteiger partial charge in [0.2, 0.25) is 0 Å². The first-order valence-corrected chi connectivity index (χ1v) is 10.6. The molecule has 0 saturated heterocycles. The van der Waals surface area contributed by atoms with Crippen molar-refractivity contribution in [2.45, 2.75) is 51.9 Å². The second kappa shape index (κ2) is 11.2. The number of aryl methyl sites for hydroxylation is 3. The zero-order valence-corrected chi connectivity index (χ0v) is 17.4. The third-order valence-electron chi connectivity index (χ3n) is 5.10. The lowest BCUT2D eigenvalue weighted by molar-refractivity contribution is 0.0734. The molecule has 0 amide bonds. The van der Waals surface area contributed by atoms with Gasteiger partial charge in [-0.3, -0.25) is 4.98 Å². The van der Waals surface area contributed by atoms with Gasteiger partial charge in [-0.05, 0) is 73.2 Å². The third-order valence-corrected chi connectivity index (χ3v) is 5.10. The number of halogens is 1. The van der Waals surface area contributed by atoms with Crippen LogP contribution in [0.4, 0.5) is 4.39 Å². The Balaban J connectivity index is 1.48. The number of nitrogens with zero attached hydrogens (tertiary/aromatic N) is 1. The molecule has 0 saturated carbocycles. The second-order valence-corrected chi connectivity index (χ2v) is 7.51. The van der Waals surface area contributed by atoms with E-state index >= 15 is 0 Å². The zero-order chi connectivity index (χ0) is 21.2. The molecule has 156 valence electrons. The molecule has 0 radical (unpaired) electrons. The Bertz CT molecular complexity index is 919. The molecule has 0 N–H and O–H groups in total. The van der Waals surface area contributed by atoms with Crippen molar-refractivity contribution in [3.05, 3.63) is 95.1 Å². The van der Waals surface area contributed by atoms with E-state index in [2.05, 4.69) is 11.9 Å². The molecule has 3 rings (SSSR count). The predicted octanol–water partition coefficient (Wildman–Crippen LogP) is 6.35. The summed E-state index contributed by atoms with van der Waals surface area (Å²) < 4.78 is 18.4. The van der Waals surface area contributed by atoms with Crippen LogP contribution in [-0.4, -0.2) is 11.0 Å². The van der Waals surface area contributed by atoms with Crippen molar-refractivity contribution in [2.24, 2.45) is 0 Å². The maximum absolute atomic E-state index is 13.0. The second-order valence-electron chi connectivity index (χ2n) is 7.51. The van der Waals surface area contributed by atoms with Crippen LogP contribution in [0.2, 0.25) is 0 Å². The van der Waals surface area contributed by atoms with Crippen molar-refractivity contribution in [1.29, 1.82) is 0 Å². The van der Waals surface area contributed by atoms with Gasteiger partial charge in [-0.2, -0.15) is 0 Å². The Labute approximate surface area is 177 Å². The van der Waals surface area contributed by atoms with Gasteiger partial charge in [0.15, 0.2) is 0 Å². The fourth-order valence-electron chi connectivity index (χ4n) is 3.27.